The molecule has 0 radical (unpaired) electrons. The first-order chi connectivity index (χ1) is 9.44. The third kappa shape index (κ3) is 4.51. The summed E-state index contributed by atoms with van der Waals surface area (Å²) in [5.74, 6) is 0.594. The van der Waals surface area contributed by atoms with Gasteiger partial charge in [0.15, 0.2) is 0 Å². The van der Waals surface area contributed by atoms with E-state index in [1.165, 1.54) is 25.7 Å². The number of amides is 1. The normalized spacial score (nSPS) is 16.1. The van der Waals surface area contributed by atoms with Gasteiger partial charge in [-0.2, -0.15) is 0 Å². The molecule has 110 valence electrons. The van der Waals surface area contributed by atoms with E-state index in [0.29, 0.717) is 12.5 Å². The predicted octanol–water partition coefficient (Wildman–Crippen LogP) is 3.76. The maximum Gasteiger partial charge on any atom is 0.407 e. The quantitative estimate of drug-likeness (QED) is 0.914. The number of carbonyl (C=O) groups is 1. The van der Waals surface area contributed by atoms with Gasteiger partial charge >= 0.3 is 6.09 Å². The van der Waals surface area contributed by atoms with Gasteiger partial charge in [0.2, 0.25) is 0 Å². The van der Waals surface area contributed by atoms with E-state index in [1.54, 1.807) is 0 Å². The van der Waals surface area contributed by atoms with Gasteiger partial charge in [0.1, 0.15) is 5.60 Å². The van der Waals surface area contributed by atoms with Crippen molar-refractivity contribution < 1.29 is 9.53 Å². The first-order valence-corrected chi connectivity index (χ1v) is 7.36. The first-order valence-electron chi connectivity index (χ1n) is 7.36. The van der Waals surface area contributed by atoms with Crippen molar-refractivity contribution >= 4 is 6.09 Å². The van der Waals surface area contributed by atoms with Crippen molar-refractivity contribution in [2.45, 2.75) is 64.5 Å². The van der Waals surface area contributed by atoms with E-state index >= 15 is 0 Å². The van der Waals surface area contributed by atoms with Crippen molar-refractivity contribution in [2.75, 3.05) is 0 Å². The average Bonchev–Trinajstić information content (AvgIpc) is 2.88. The fourth-order valence-electron chi connectivity index (χ4n) is 2.54. The molecular formula is C16H24N2O2. The SMILES string of the molecule is CC(C)(C)OC(=O)NCc1ccnc(C2CCCC2)c1. The van der Waals surface area contributed by atoms with Crippen LogP contribution in [0.25, 0.3) is 0 Å². The summed E-state index contributed by atoms with van der Waals surface area (Å²) in [6.45, 7) is 6.06. The Kier molecular flexibility index (Phi) is 4.63. The van der Waals surface area contributed by atoms with E-state index in [2.05, 4.69) is 16.4 Å². The Morgan fingerprint density at radius 2 is 2.10 bits per heavy atom. The second-order valence-electron chi connectivity index (χ2n) is 6.43. The second-order valence-corrected chi connectivity index (χ2v) is 6.43. The van der Waals surface area contributed by atoms with Crippen LogP contribution in [0.15, 0.2) is 18.3 Å². The lowest BCUT2D eigenvalue weighted by Crippen LogP contribution is -2.32. The Bertz CT molecular complexity index is 460. The molecule has 0 saturated heterocycles. The maximum atomic E-state index is 11.6. The average molecular weight is 276 g/mol. The minimum Gasteiger partial charge on any atom is -0.444 e. The van der Waals surface area contributed by atoms with Crippen molar-refractivity contribution in [1.29, 1.82) is 0 Å². The number of rotatable bonds is 3. The summed E-state index contributed by atoms with van der Waals surface area (Å²) in [5, 5.41) is 2.78. The lowest BCUT2D eigenvalue weighted by Gasteiger charge is -2.19. The molecule has 0 bridgehead atoms. The van der Waals surface area contributed by atoms with Crippen LogP contribution in [-0.4, -0.2) is 16.7 Å². The van der Waals surface area contributed by atoms with Crippen LogP contribution in [0.4, 0.5) is 4.79 Å². The highest BCUT2D eigenvalue weighted by Crippen LogP contribution is 2.33. The molecule has 1 aliphatic carbocycles. The van der Waals surface area contributed by atoms with Crippen molar-refractivity contribution in [1.82, 2.24) is 10.3 Å². The summed E-state index contributed by atoms with van der Waals surface area (Å²) in [5.41, 5.74) is 1.77. The number of nitrogens with one attached hydrogen (secondary N) is 1. The van der Waals surface area contributed by atoms with Crippen LogP contribution in [-0.2, 0) is 11.3 Å². The number of pyridine rings is 1. The number of alkyl carbamates (subject to hydrolysis) is 1. The van der Waals surface area contributed by atoms with E-state index in [-0.39, 0.29) is 6.09 Å². The van der Waals surface area contributed by atoms with E-state index in [1.807, 2.05) is 33.0 Å². The highest BCUT2D eigenvalue weighted by Gasteiger charge is 2.19. The van der Waals surface area contributed by atoms with Crippen LogP contribution in [0, 0.1) is 0 Å². The number of hydrogen-bond acceptors (Lipinski definition) is 3. The van der Waals surface area contributed by atoms with Crippen LogP contribution in [0.2, 0.25) is 0 Å². The van der Waals surface area contributed by atoms with Gasteiger partial charge in [0.25, 0.3) is 0 Å². The molecule has 1 saturated carbocycles. The van der Waals surface area contributed by atoms with Gasteiger partial charge in [-0.3, -0.25) is 4.98 Å². The molecule has 1 aliphatic rings. The Hall–Kier alpha value is -1.58. The monoisotopic (exact) mass is 276 g/mol. The third-order valence-corrected chi connectivity index (χ3v) is 3.45. The molecule has 1 aromatic rings. The number of ether oxygens (including phenoxy) is 1. The molecule has 2 rings (SSSR count). The summed E-state index contributed by atoms with van der Waals surface area (Å²) < 4.78 is 5.22. The zero-order valence-corrected chi connectivity index (χ0v) is 12.6. The number of nitrogens with zero attached hydrogens (tertiary/aromatic N) is 1. The van der Waals surface area contributed by atoms with Crippen molar-refractivity contribution in [3.8, 4) is 0 Å². The van der Waals surface area contributed by atoms with E-state index in [4.69, 9.17) is 4.74 Å². The molecule has 4 heteroatoms. The third-order valence-electron chi connectivity index (χ3n) is 3.45. The molecule has 1 fully saturated rings. The smallest absolute Gasteiger partial charge is 0.407 e. The molecule has 1 amide bonds. The van der Waals surface area contributed by atoms with E-state index < -0.39 is 5.60 Å². The van der Waals surface area contributed by atoms with Crippen LogP contribution in [0.1, 0.15) is 63.6 Å². The first kappa shape index (κ1) is 14.8. The Morgan fingerprint density at radius 3 is 2.75 bits per heavy atom. The number of hydrogen-bond donors (Lipinski definition) is 1. The lowest BCUT2D eigenvalue weighted by atomic mass is 10.0. The molecule has 4 nitrogen and oxygen atoms in total. The fourth-order valence-corrected chi connectivity index (χ4v) is 2.54. The molecule has 0 aromatic carbocycles. The Balaban J connectivity index is 1.90. The van der Waals surface area contributed by atoms with E-state index in [0.717, 1.165) is 11.3 Å². The number of carbonyl (C=O) groups excluding carboxylic acids is 1. The van der Waals surface area contributed by atoms with Crippen LogP contribution in [0.5, 0.6) is 0 Å². The molecular weight excluding hydrogens is 252 g/mol. The Morgan fingerprint density at radius 1 is 1.40 bits per heavy atom. The largest absolute Gasteiger partial charge is 0.444 e. The highest BCUT2D eigenvalue weighted by atomic mass is 16.6. The zero-order chi connectivity index (χ0) is 14.6. The van der Waals surface area contributed by atoms with Gasteiger partial charge in [0.05, 0.1) is 0 Å². The molecule has 1 heterocycles. The molecule has 1 aromatic heterocycles. The van der Waals surface area contributed by atoms with Crippen molar-refractivity contribution in [2.24, 2.45) is 0 Å². The molecule has 20 heavy (non-hydrogen) atoms. The van der Waals surface area contributed by atoms with Gasteiger partial charge in [-0.05, 0) is 51.3 Å². The Labute approximate surface area is 120 Å². The van der Waals surface area contributed by atoms with Crippen LogP contribution in [0.3, 0.4) is 0 Å². The summed E-state index contributed by atoms with van der Waals surface area (Å²) in [6.07, 6.45) is 6.52. The zero-order valence-electron chi connectivity index (χ0n) is 12.6. The standard InChI is InChI=1S/C16H24N2O2/c1-16(2,3)20-15(19)18-11-12-8-9-17-14(10-12)13-6-4-5-7-13/h8-10,13H,4-7,11H2,1-3H3,(H,18,19). The predicted molar refractivity (Wildman–Crippen MR) is 78.5 cm³/mol. The molecule has 0 spiro atoms. The van der Waals surface area contributed by atoms with Crippen LogP contribution >= 0.6 is 0 Å². The highest BCUT2D eigenvalue weighted by molar-refractivity contribution is 5.67. The minimum absolute atomic E-state index is 0.378. The van der Waals surface area contributed by atoms with Gasteiger partial charge in [-0.1, -0.05) is 12.8 Å². The maximum absolute atomic E-state index is 11.6. The molecule has 1 N–H and O–H groups in total. The summed E-state index contributed by atoms with van der Waals surface area (Å²) >= 11 is 0. The van der Waals surface area contributed by atoms with Crippen molar-refractivity contribution in [3.05, 3.63) is 29.6 Å². The van der Waals surface area contributed by atoms with Gasteiger partial charge < -0.3 is 10.1 Å². The van der Waals surface area contributed by atoms with E-state index in [9.17, 15) is 4.79 Å². The summed E-state index contributed by atoms with van der Waals surface area (Å²) in [6, 6.07) is 4.04. The lowest BCUT2D eigenvalue weighted by molar-refractivity contribution is 0.0523. The minimum atomic E-state index is -0.461. The summed E-state index contributed by atoms with van der Waals surface area (Å²) in [7, 11) is 0. The topological polar surface area (TPSA) is 51.2 Å². The number of aromatic nitrogens is 1. The molecule has 0 atom stereocenters. The summed E-state index contributed by atoms with van der Waals surface area (Å²) in [4.78, 5) is 16.1. The molecule has 0 aliphatic heterocycles. The van der Waals surface area contributed by atoms with Gasteiger partial charge in [-0.25, -0.2) is 4.79 Å². The second kappa shape index (κ2) is 6.25. The van der Waals surface area contributed by atoms with Gasteiger partial charge in [-0.15, -0.1) is 0 Å². The van der Waals surface area contributed by atoms with Crippen LogP contribution < -0.4 is 5.32 Å². The fraction of sp³-hybridized carbons (Fsp3) is 0.625. The molecule has 0 unspecified atom stereocenters. The van der Waals surface area contributed by atoms with Gasteiger partial charge in [0, 0.05) is 24.4 Å². The van der Waals surface area contributed by atoms with Crippen molar-refractivity contribution in [3.63, 3.8) is 0 Å².